The van der Waals surface area contributed by atoms with E-state index in [1.165, 1.54) is 18.5 Å². The second-order valence-electron chi connectivity index (χ2n) is 2.81. The summed E-state index contributed by atoms with van der Waals surface area (Å²) in [4.78, 5) is 1.36. The van der Waals surface area contributed by atoms with Gasteiger partial charge < -0.3 is 4.74 Å². The highest BCUT2D eigenvalue weighted by Crippen LogP contribution is 2.37. The summed E-state index contributed by atoms with van der Waals surface area (Å²) in [7, 11) is 1.72. The molecule has 1 nitrogen and oxygen atoms in total. The van der Waals surface area contributed by atoms with E-state index in [4.69, 9.17) is 4.74 Å². The molecule has 0 fully saturated rings. The van der Waals surface area contributed by atoms with Gasteiger partial charge in [0.15, 0.2) is 0 Å². The Morgan fingerprint density at radius 3 is 2.85 bits per heavy atom. The van der Waals surface area contributed by atoms with Gasteiger partial charge in [0.05, 0.1) is 7.11 Å². The number of hydrogen-bond acceptors (Lipinski definition) is 2. The quantitative estimate of drug-likeness (QED) is 0.728. The van der Waals surface area contributed by atoms with Crippen molar-refractivity contribution < 1.29 is 4.74 Å². The zero-order chi connectivity index (χ0) is 9.42. The largest absolute Gasteiger partial charge is 0.496 e. The third-order valence-corrected chi connectivity index (χ3v) is 4.78. The van der Waals surface area contributed by atoms with Crippen molar-refractivity contribution in [2.75, 3.05) is 7.11 Å². The number of rotatable bonds is 1. The van der Waals surface area contributed by atoms with E-state index < -0.39 is 0 Å². The highest BCUT2D eigenvalue weighted by Gasteiger charge is 2.09. The lowest BCUT2D eigenvalue weighted by Crippen LogP contribution is -1.83. The van der Waals surface area contributed by atoms with Crippen molar-refractivity contribution in [3.05, 3.63) is 26.6 Å². The summed E-state index contributed by atoms with van der Waals surface area (Å²) in [6.07, 6.45) is 0. The molecule has 68 valence electrons. The van der Waals surface area contributed by atoms with Crippen LogP contribution in [0.25, 0.3) is 10.1 Å². The van der Waals surface area contributed by atoms with E-state index in [1.54, 1.807) is 7.11 Å². The van der Waals surface area contributed by atoms with Crippen LogP contribution in [-0.4, -0.2) is 7.11 Å². The lowest BCUT2D eigenvalue weighted by Gasteiger charge is -2.01. The molecule has 0 atom stereocenters. The summed E-state index contributed by atoms with van der Waals surface area (Å²) >= 11 is 4.20. The Morgan fingerprint density at radius 2 is 2.15 bits per heavy atom. The molecule has 0 N–H and O–H groups in total. The molecular weight excluding hydrogens is 295 g/mol. The fourth-order valence-electron chi connectivity index (χ4n) is 1.37. The summed E-state index contributed by atoms with van der Waals surface area (Å²) in [5.74, 6) is 0.978. The van der Waals surface area contributed by atoms with Crippen molar-refractivity contribution in [2.24, 2.45) is 0 Å². The Bertz CT molecular complexity index is 447. The van der Waals surface area contributed by atoms with Crippen LogP contribution in [-0.2, 0) is 0 Å². The van der Waals surface area contributed by atoms with Crippen molar-refractivity contribution in [3.63, 3.8) is 0 Å². The number of fused-ring (bicyclic) bond motifs is 1. The van der Waals surface area contributed by atoms with Gasteiger partial charge in [-0.15, -0.1) is 11.3 Å². The van der Waals surface area contributed by atoms with Crippen molar-refractivity contribution in [1.29, 1.82) is 0 Å². The standard InChI is InChI=1S/C10H9IOS/c1-6-10(11)9-7(12-2)4-3-5-8(9)13-6/h3-5H,1-2H3. The third-order valence-electron chi connectivity index (χ3n) is 2.00. The first-order valence-electron chi connectivity index (χ1n) is 3.95. The Hall–Kier alpha value is -0.290. The lowest BCUT2D eigenvalue weighted by atomic mass is 10.2. The Morgan fingerprint density at radius 1 is 1.38 bits per heavy atom. The fourth-order valence-corrected chi connectivity index (χ4v) is 3.41. The van der Waals surface area contributed by atoms with Crippen LogP contribution in [0.4, 0.5) is 0 Å². The molecule has 0 amide bonds. The maximum atomic E-state index is 5.32. The normalized spacial score (nSPS) is 10.7. The summed E-state index contributed by atoms with van der Waals surface area (Å²) in [5, 5.41) is 1.26. The van der Waals surface area contributed by atoms with Crippen molar-refractivity contribution in [2.45, 2.75) is 6.92 Å². The summed E-state index contributed by atoms with van der Waals surface area (Å²) in [5.41, 5.74) is 0. The zero-order valence-electron chi connectivity index (χ0n) is 7.43. The van der Waals surface area contributed by atoms with E-state index in [9.17, 15) is 0 Å². The van der Waals surface area contributed by atoms with E-state index in [1.807, 2.05) is 23.5 Å². The predicted molar refractivity (Wildman–Crippen MR) is 65.8 cm³/mol. The molecule has 0 aliphatic heterocycles. The van der Waals surface area contributed by atoms with Crippen LogP contribution >= 0.6 is 33.9 Å². The highest BCUT2D eigenvalue weighted by atomic mass is 127. The molecule has 0 spiro atoms. The van der Waals surface area contributed by atoms with E-state index in [0.717, 1.165) is 5.75 Å². The zero-order valence-corrected chi connectivity index (χ0v) is 10.4. The van der Waals surface area contributed by atoms with Crippen molar-refractivity contribution in [1.82, 2.24) is 0 Å². The number of aryl methyl sites for hydroxylation is 1. The average molecular weight is 304 g/mol. The Labute approximate surface area is 94.9 Å². The van der Waals surface area contributed by atoms with Gasteiger partial charge in [-0.1, -0.05) is 6.07 Å². The number of methoxy groups -OCH3 is 1. The molecule has 1 aromatic carbocycles. The molecular formula is C10H9IOS. The predicted octanol–water partition coefficient (Wildman–Crippen LogP) is 3.82. The molecule has 1 heterocycles. The molecule has 0 bridgehead atoms. The van der Waals surface area contributed by atoms with E-state index in [-0.39, 0.29) is 0 Å². The molecule has 0 aliphatic rings. The van der Waals surface area contributed by atoms with Crippen LogP contribution in [0, 0.1) is 10.5 Å². The minimum absolute atomic E-state index is 0.978. The first-order chi connectivity index (χ1) is 6.24. The van der Waals surface area contributed by atoms with Crippen LogP contribution < -0.4 is 4.74 Å². The van der Waals surface area contributed by atoms with Crippen molar-refractivity contribution in [3.8, 4) is 5.75 Å². The molecule has 0 aliphatic carbocycles. The van der Waals surface area contributed by atoms with Gasteiger partial charge in [-0.05, 0) is 41.6 Å². The lowest BCUT2D eigenvalue weighted by molar-refractivity contribution is 0.420. The molecule has 1 aromatic heterocycles. The maximum Gasteiger partial charge on any atom is 0.128 e. The molecule has 2 rings (SSSR count). The van der Waals surface area contributed by atoms with Crippen LogP contribution in [0.15, 0.2) is 18.2 Å². The van der Waals surface area contributed by atoms with Crippen LogP contribution in [0.2, 0.25) is 0 Å². The van der Waals surface area contributed by atoms with Crippen LogP contribution in [0.5, 0.6) is 5.75 Å². The van der Waals surface area contributed by atoms with Gasteiger partial charge in [0.25, 0.3) is 0 Å². The minimum atomic E-state index is 0.978. The second kappa shape index (κ2) is 3.46. The Kier molecular flexibility index (Phi) is 2.47. The van der Waals surface area contributed by atoms with Gasteiger partial charge >= 0.3 is 0 Å². The molecule has 0 saturated heterocycles. The van der Waals surface area contributed by atoms with Crippen molar-refractivity contribution >= 4 is 44.0 Å². The van der Waals surface area contributed by atoms with Crippen LogP contribution in [0.3, 0.4) is 0 Å². The monoisotopic (exact) mass is 304 g/mol. The molecule has 3 heteroatoms. The number of thiophene rings is 1. The average Bonchev–Trinajstić information content (AvgIpc) is 2.43. The third kappa shape index (κ3) is 1.44. The molecule has 0 saturated carbocycles. The van der Waals surface area contributed by atoms with E-state index in [0.29, 0.717) is 0 Å². The van der Waals surface area contributed by atoms with E-state index >= 15 is 0 Å². The number of benzene rings is 1. The van der Waals surface area contributed by atoms with Gasteiger partial charge in [0.1, 0.15) is 5.75 Å². The molecule has 0 unspecified atom stereocenters. The molecule has 0 radical (unpaired) electrons. The highest BCUT2D eigenvalue weighted by molar-refractivity contribution is 14.1. The van der Waals surface area contributed by atoms with E-state index in [2.05, 4.69) is 35.6 Å². The fraction of sp³-hybridized carbons (Fsp3) is 0.200. The maximum absolute atomic E-state index is 5.32. The van der Waals surface area contributed by atoms with Gasteiger partial charge in [-0.2, -0.15) is 0 Å². The SMILES string of the molecule is COc1cccc2sc(C)c(I)c12. The first kappa shape index (κ1) is 9.27. The summed E-state index contributed by atoms with van der Waals surface area (Å²) in [6, 6.07) is 6.18. The second-order valence-corrected chi connectivity index (χ2v) is 5.14. The number of hydrogen-bond donors (Lipinski definition) is 0. The molecule has 2 aromatic rings. The minimum Gasteiger partial charge on any atom is -0.496 e. The topological polar surface area (TPSA) is 9.23 Å². The van der Waals surface area contributed by atoms with Gasteiger partial charge in [-0.25, -0.2) is 0 Å². The van der Waals surface area contributed by atoms with Crippen LogP contribution in [0.1, 0.15) is 4.88 Å². The summed E-state index contributed by atoms with van der Waals surface area (Å²) < 4.78 is 7.95. The number of halogens is 1. The summed E-state index contributed by atoms with van der Waals surface area (Å²) in [6.45, 7) is 2.14. The van der Waals surface area contributed by atoms with Gasteiger partial charge in [0, 0.05) is 18.5 Å². The molecule has 13 heavy (non-hydrogen) atoms. The first-order valence-corrected chi connectivity index (χ1v) is 5.85. The van der Waals surface area contributed by atoms with Gasteiger partial charge in [0.2, 0.25) is 0 Å². The smallest absolute Gasteiger partial charge is 0.128 e. The number of ether oxygens (including phenoxy) is 1. The van der Waals surface area contributed by atoms with Gasteiger partial charge in [-0.3, -0.25) is 0 Å². The Balaban J connectivity index is 2.87.